The molecule has 4 rings (SSSR count). The maximum absolute atomic E-state index is 13.1. The molecule has 6 nitrogen and oxygen atoms in total. The van der Waals surface area contributed by atoms with E-state index in [-0.39, 0.29) is 5.82 Å². The molecule has 1 fully saturated rings. The van der Waals surface area contributed by atoms with Crippen LogP contribution in [0.1, 0.15) is 28.8 Å². The second-order valence-electron chi connectivity index (χ2n) is 7.45. The van der Waals surface area contributed by atoms with E-state index in [1.807, 2.05) is 12.4 Å². The second kappa shape index (κ2) is 10.7. The Bertz CT molecular complexity index is 1020. The van der Waals surface area contributed by atoms with Gasteiger partial charge in [-0.3, -0.25) is 5.10 Å². The van der Waals surface area contributed by atoms with E-state index in [1.165, 1.54) is 23.4 Å². The zero-order chi connectivity index (χ0) is 21.3. The number of hydrogen-bond donors (Lipinski definition) is 2. The van der Waals surface area contributed by atoms with Crippen LogP contribution in [-0.2, 0) is 17.7 Å². The largest absolute Gasteiger partial charge is 0.378 e. The van der Waals surface area contributed by atoms with E-state index in [2.05, 4.69) is 55.4 Å². The van der Waals surface area contributed by atoms with Crippen LogP contribution in [0.15, 0.2) is 48.9 Å². The molecule has 0 amide bonds. The number of nitrogens with one attached hydrogen (secondary N) is 2. The van der Waals surface area contributed by atoms with Crippen molar-refractivity contribution in [3.8, 4) is 11.8 Å². The highest BCUT2D eigenvalue weighted by atomic mass is 19.1. The minimum absolute atomic E-state index is 0.361. The third-order valence-corrected chi connectivity index (χ3v) is 5.17. The summed E-state index contributed by atoms with van der Waals surface area (Å²) in [5.41, 5.74) is 5.00. The number of pyridine rings is 1. The lowest BCUT2D eigenvalue weighted by Gasteiger charge is -2.30. The van der Waals surface area contributed by atoms with Gasteiger partial charge in [0.1, 0.15) is 11.5 Å². The molecule has 1 aliphatic heterocycles. The predicted octanol–water partition coefficient (Wildman–Crippen LogP) is 2.90. The van der Waals surface area contributed by atoms with Crippen LogP contribution in [0.4, 0.5) is 10.1 Å². The van der Waals surface area contributed by atoms with Crippen molar-refractivity contribution in [1.82, 2.24) is 20.5 Å². The normalized spacial score (nSPS) is 13.6. The van der Waals surface area contributed by atoms with E-state index < -0.39 is 0 Å². The van der Waals surface area contributed by atoms with Crippen molar-refractivity contribution >= 4 is 5.69 Å². The highest BCUT2D eigenvalue weighted by Crippen LogP contribution is 2.23. The first kappa shape index (κ1) is 21.0. The number of aromatic amines is 1. The lowest BCUT2D eigenvalue weighted by Crippen LogP contribution is -2.36. The molecule has 0 unspecified atom stereocenters. The van der Waals surface area contributed by atoms with Gasteiger partial charge in [0.15, 0.2) is 0 Å². The van der Waals surface area contributed by atoms with Crippen LogP contribution in [0.3, 0.4) is 0 Å². The van der Waals surface area contributed by atoms with Crippen molar-refractivity contribution in [3.05, 3.63) is 77.1 Å². The quantitative estimate of drug-likeness (QED) is 0.455. The number of anilines is 1. The van der Waals surface area contributed by atoms with E-state index in [4.69, 9.17) is 4.74 Å². The summed E-state index contributed by atoms with van der Waals surface area (Å²) in [6.07, 6.45) is 7.04. The van der Waals surface area contributed by atoms with Gasteiger partial charge in [0, 0.05) is 31.4 Å². The van der Waals surface area contributed by atoms with E-state index >= 15 is 0 Å². The number of aryl methyl sites for hydroxylation is 1. The molecule has 0 atom stereocenters. The summed E-state index contributed by atoms with van der Waals surface area (Å²) in [7, 11) is 0. The van der Waals surface area contributed by atoms with Gasteiger partial charge in [0.05, 0.1) is 31.3 Å². The maximum atomic E-state index is 13.1. The van der Waals surface area contributed by atoms with Gasteiger partial charge >= 0.3 is 0 Å². The molecule has 3 aromatic rings. The lowest BCUT2D eigenvalue weighted by molar-refractivity contribution is 0.122. The SMILES string of the molecule is Fc1ccc(C#Cc2cc(CNCCCc3cn[nH]c3)ccc2N2CCOCC2)nc1. The first-order chi connectivity index (χ1) is 15.3. The number of nitrogens with zero attached hydrogens (tertiary/aromatic N) is 3. The Hall–Kier alpha value is -3.21. The van der Waals surface area contributed by atoms with Gasteiger partial charge in [0.25, 0.3) is 0 Å². The molecule has 1 saturated heterocycles. The number of hydrogen-bond acceptors (Lipinski definition) is 5. The summed E-state index contributed by atoms with van der Waals surface area (Å²) in [4.78, 5) is 6.35. The molecule has 1 aromatic carbocycles. The Morgan fingerprint density at radius 3 is 2.77 bits per heavy atom. The van der Waals surface area contributed by atoms with Crippen molar-refractivity contribution < 1.29 is 9.13 Å². The molecular weight excluding hydrogens is 393 g/mol. The molecule has 1 aliphatic rings. The fourth-order valence-electron chi connectivity index (χ4n) is 3.52. The molecule has 160 valence electrons. The fourth-order valence-corrected chi connectivity index (χ4v) is 3.52. The smallest absolute Gasteiger partial charge is 0.141 e. The van der Waals surface area contributed by atoms with Gasteiger partial charge in [-0.2, -0.15) is 5.10 Å². The van der Waals surface area contributed by atoms with Crippen LogP contribution >= 0.6 is 0 Å². The minimum atomic E-state index is -0.361. The summed E-state index contributed by atoms with van der Waals surface area (Å²) < 4.78 is 18.6. The number of benzene rings is 1. The molecule has 0 aliphatic carbocycles. The molecule has 2 aromatic heterocycles. The number of H-pyrrole nitrogens is 1. The third-order valence-electron chi connectivity index (χ3n) is 5.17. The topological polar surface area (TPSA) is 66.1 Å². The lowest BCUT2D eigenvalue weighted by atomic mass is 10.1. The van der Waals surface area contributed by atoms with Crippen LogP contribution in [-0.4, -0.2) is 48.0 Å². The molecule has 31 heavy (non-hydrogen) atoms. The zero-order valence-electron chi connectivity index (χ0n) is 17.4. The van der Waals surface area contributed by atoms with E-state index in [9.17, 15) is 4.39 Å². The average molecular weight is 420 g/mol. The average Bonchev–Trinajstić information content (AvgIpc) is 3.33. The number of halogens is 1. The van der Waals surface area contributed by atoms with Crippen LogP contribution < -0.4 is 10.2 Å². The van der Waals surface area contributed by atoms with E-state index in [1.54, 1.807) is 6.07 Å². The highest BCUT2D eigenvalue weighted by molar-refractivity contribution is 5.63. The van der Waals surface area contributed by atoms with Crippen molar-refractivity contribution in [2.45, 2.75) is 19.4 Å². The third kappa shape index (κ3) is 6.14. The van der Waals surface area contributed by atoms with Gasteiger partial charge in [-0.25, -0.2) is 9.37 Å². The minimum Gasteiger partial charge on any atom is -0.378 e. The van der Waals surface area contributed by atoms with Gasteiger partial charge < -0.3 is 15.0 Å². The number of ether oxygens (including phenoxy) is 1. The summed E-state index contributed by atoms with van der Waals surface area (Å²) >= 11 is 0. The standard InChI is InChI=1S/C24H26FN5O/c25-22-5-7-23(27-18-22)6-4-21-14-19(3-8-24(21)30-10-12-31-13-11-30)15-26-9-1-2-20-16-28-29-17-20/h3,5,7-8,14,16-18,26H,1-2,9-13,15H2,(H,28,29). The summed E-state index contributed by atoms with van der Waals surface area (Å²) in [6.45, 7) is 4.82. The number of rotatable bonds is 7. The second-order valence-corrected chi connectivity index (χ2v) is 7.45. The molecular formula is C24H26FN5O. The Labute approximate surface area is 181 Å². The molecule has 0 saturated carbocycles. The molecule has 0 bridgehead atoms. The van der Waals surface area contributed by atoms with Gasteiger partial charge in [-0.15, -0.1) is 0 Å². The summed E-state index contributed by atoms with van der Waals surface area (Å²) in [5, 5.41) is 10.3. The van der Waals surface area contributed by atoms with Crippen molar-refractivity contribution in [2.75, 3.05) is 37.7 Å². The highest BCUT2D eigenvalue weighted by Gasteiger charge is 2.14. The van der Waals surface area contributed by atoms with Crippen LogP contribution in [0.2, 0.25) is 0 Å². The first-order valence-electron chi connectivity index (χ1n) is 10.6. The van der Waals surface area contributed by atoms with Gasteiger partial charge in [-0.05, 0) is 60.7 Å². The molecule has 0 radical (unpaired) electrons. The van der Waals surface area contributed by atoms with Gasteiger partial charge in [0.2, 0.25) is 0 Å². The Morgan fingerprint density at radius 2 is 2.00 bits per heavy atom. The van der Waals surface area contributed by atoms with Gasteiger partial charge in [-0.1, -0.05) is 12.0 Å². The molecule has 3 heterocycles. The number of aromatic nitrogens is 3. The Balaban J connectivity index is 1.44. The van der Waals surface area contributed by atoms with Crippen molar-refractivity contribution in [3.63, 3.8) is 0 Å². The van der Waals surface area contributed by atoms with Crippen LogP contribution in [0, 0.1) is 17.7 Å². The maximum Gasteiger partial charge on any atom is 0.141 e. The predicted molar refractivity (Wildman–Crippen MR) is 118 cm³/mol. The first-order valence-corrected chi connectivity index (χ1v) is 10.6. The van der Waals surface area contributed by atoms with E-state index in [0.29, 0.717) is 18.9 Å². The summed E-state index contributed by atoms with van der Waals surface area (Å²) in [5.74, 6) is 5.96. The van der Waals surface area contributed by atoms with Crippen molar-refractivity contribution in [2.24, 2.45) is 0 Å². The fraction of sp³-hybridized carbons (Fsp3) is 0.333. The number of morpholine rings is 1. The van der Waals surface area contributed by atoms with Crippen LogP contribution in [0.25, 0.3) is 0 Å². The van der Waals surface area contributed by atoms with E-state index in [0.717, 1.165) is 50.3 Å². The molecule has 2 N–H and O–H groups in total. The monoisotopic (exact) mass is 419 g/mol. The Kier molecular flexibility index (Phi) is 7.27. The van der Waals surface area contributed by atoms with Crippen molar-refractivity contribution in [1.29, 1.82) is 0 Å². The summed E-state index contributed by atoms with van der Waals surface area (Å²) in [6, 6.07) is 9.39. The molecule has 0 spiro atoms. The van der Waals surface area contributed by atoms with Crippen LogP contribution in [0.5, 0.6) is 0 Å². The molecule has 7 heteroatoms. The zero-order valence-corrected chi connectivity index (χ0v) is 17.4. The Morgan fingerprint density at radius 1 is 1.10 bits per heavy atom.